The Morgan fingerprint density at radius 3 is 2.15 bits per heavy atom. The number of hydrogen-bond donors (Lipinski definition) is 2. The summed E-state index contributed by atoms with van der Waals surface area (Å²) in [6, 6.07) is 0. The van der Waals surface area contributed by atoms with Crippen LogP contribution in [0.3, 0.4) is 0 Å². The summed E-state index contributed by atoms with van der Waals surface area (Å²) in [5, 5.41) is 18.1. The zero-order valence-corrected chi connectivity index (χ0v) is 10.2. The Balaban J connectivity index is 3.20. The van der Waals surface area contributed by atoms with Crippen molar-refractivity contribution in [3.05, 3.63) is 14.9 Å². The van der Waals surface area contributed by atoms with Gasteiger partial charge in [0.05, 0.1) is 0 Å². The third-order valence-corrected chi connectivity index (χ3v) is 4.81. The summed E-state index contributed by atoms with van der Waals surface area (Å²) in [6.45, 7) is 6.06. The average Bonchev–Trinajstić information content (AvgIpc) is 2.29. The van der Waals surface area contributed by atoms with E-state index in [1.165, 1.54) is 16.2 Å². The summed E-state index contributed by atoms with van der Waals surface area (Å²) in [5.74, 6) is 0.408. The van der Waals surface area contributed by atoms with Gasteiger partial charge in [-0.15, -0.1) is 11.3 Å². The molecule has 0 unspecified atom stereocenters. The van der Waals surface area contributed by atoms with Crippen molar-refractivity contribution in [3.8, 4) is 0 Å². The molecular formula is C8H12BBrO2S. The van der Waals surface area contributed by atoms with Gasteiger partial charge in [-0.2, -0.15) is 0 Å². The average molecular weight is 263 g/mol. The van der Waals surface area contributed by atoms with E-state index >= 15 is 0 Å². The van der Waals surface area contributed by atoms with Crippen molar-refractivity contribution < 1.29 is 10.0 Å². The molecule has 0 saturated carbocycles. The number of thiophene rings is 1. The predicted molar refractivity (Wildman–Crippen MR) is 60.7 cm³/mol. The molecule has 0 aliphatic carbocycles. The van der Waals surface area contributed by atoms with Crippen molar-refractivity contribution in [2.45, 2.75) is 26.7 Å². The van der Waals surface area contributed by atoms with Crippen LogP contribution in [-0.2, 0) is 0 Å². The minimum atomic E-state index is -1.35. The van der Waals surface area contributed by atoms with Gasteiger partial charge < -0.3 is 10.0 Å². The second-order valence-electron chi connectivity index (χ2n) is 3.30. The van der Waals surface area contributed by atoms with E-state index in [1.807, 2.05) is 6.92 Å². The van der Waals surface area contributed by atoms with E-state index in [1.54, 1.807) is 0 Å². The van der Waals surface area contributed by atoms with Crippen LogP contribution < -0.4 is 4.78 Å². The summed E-state index contributed by atoms with van der Waals surface area (Å²) < 4.78 is 1.64. The monoisotopic (exact) mass is 262 g/mol. The largest absolute Gasteiger partial charge is 0.499 e. The molecule has 13 heavy (non-hydrogen) atoms. The van der Waals surface area contributed by atoms with E-state index in [2.05, 4.69) is 29.8 Å². The highest BCUT2D eigenvalue weighted by molar-refractivity contribution is 9.10. The molecule has 5 heteroatoms. The topological polar surface area (TPSA) is 40.5 Å². The van der Waals surface area contributed by atoms with Crippen LogP contribution in [0.25, 0.3) is 0 Å². The first kappa shape index (κ1) is 11.2. The van der Waals surface area contributed by atoms with Crippen molar-refractivity contribution >= 4 is 39.2 Å². The molecular weight excluding hydrogens is 251 g/mol. The minimum absolute atomic E-state index is 0.408. The maximum Gasteiger partial charge on any atom is 0.499 e. The van der Waals surface area contributed by atoms with E-state index in [9.17, 15) is 0 Å². The molecule has 0 fully saturated rings. The van der Waals surface area contributed by atoms with Crippen molar-refractivity contribution in [1.29, 1.82) is 0 Å². The third kappa shape index (κ3) is 2.15. The fraction of sp³-hybridized carbons (Fsp3) is 0.500. The van der Waals surface area contributed by atoms with Crippen LogP contribution in [0.5, 0.6) is 0 Å². The lowest BCUT2D eigenvalue weighted by Crippen LogP contribution is -2.28. The second-order valence-corrected chi connectivity index (χ2v) is 5.17. The standard InChI is InChI=1S/C8H12BBrO2S/c1-4(2)7-6(10)5(3)8(13-7)9(11)12/h4,11-12H,1-3H3. The Kier molecular flexibility index (Phi) is 3.57. The van der Waals surface area contributed by atoms with Crippen LogP contribution in [0.2, 0.25) is 0 Å². The van der Waals surface area contributed by atoms with Gasteiger partial charge in [-0.25, -0.2) is 0 Å². The Morgan fingerprint density at radius 2 is 1.92 bits per heavy atom. The van der Waals surface area contributed by atoms with Crippen LogP contribution >= 0.6 is 27.3 Å². The fourth-order valence-corrected chi connectivity index (χ4v) is 3.27. The van der Waals surface area contributed by atoms with Gasteiger partial charge in [0, 0.05) is 14.1 Å². The molecule has 0 bridgehead atoms. The molecule has 0 aromatic carbocycles. The van der Waals surface area contributed by atoms with Gasteiger partial charge in [0.15, 0.2) is 0 Å². The molecule has 1 rings (SSSR count). The SMILES string of the molecule is Cc1c(B(O)O)sc(C(C)C)c1Br. The summed E-state index contributed by atoms with van der Waals surface area (Å²) in [4.78, 5) is 1.17. The van der Waals surface area contributed by atoms with Gasteiger partial charge in [0.1, 0.15) is 0 Å². The Bertz CT molecular complexity index is 281. The Labute approximate surface area is 90.9 Å². The van der Waals surface area contributed by atoms with Crippen molar-refractivity contribution in [2.24, 2.45) is 0 Å². The van der Waals surface area contributed by atoms with E-state index in [-0.39, 0.29) is 0 Å². The molecule has 1 aromatic heterocycles. The molecule has 2 nitrogen and oxygen atoms in total. The first-order valence-corrected chi connectivity index (χ1v) is 5.71. The molecule has 72 valence electrons. The summed E-state index contributed by atoms with van der Waals surface area (Å²) in [5.41, 5.74) is 0.934. The molecule has 2 N–H and O–H groups in total. The van der Waals surface area contributed by atoms with Gasteiger partial charge in [-0.1, -0.05) is 13.8 Å². The number of hydrogen-bond acceptors (Lipinski definition) is 3. The molecule has 0 atom stereocenters. The number of rotatable bonds is 2. The van der Waals surface area contributed by atoms with Crippen LogP contribution in [-0.4, -0.2) is 17.2 Å². The van der Waals surface area contributed by atoms with E-state index in [0.29, 0.717) is 10.7 Å². The third-order valence-electron chi connectivity index (χ3n) is 1.89. The van der Waals surface area contributed by atoms with E-state index in [4.69, 9.17) is 10.0 Å². The number of halogens is 1. The molecule has 0 spiro atoms. The van der Waals surface area contributed by atoms with Gasteiger partial charge in [0.2, 0.25) is 0 Å². The summed E-state index contributed by atoms with van der Waals surface area (Å²) in [7, 11) is -1.35. The van der Waals surface area contributed by atoms with Gasteiger partial charge >= 0.3 is 7.12 Å². The van der Waals surface area contributed by atoms with E-state index < -0.39 is 7.12 Å². The fourth-order valence-electron chi connectivity index (χ4n) is 1.15. The second kappa shape index (κ2) is 4.13. The lowest BCUT2D eigenvalue weighted by Gasteiger charge is -2.00. The first-order chi connectivity index (χ1) is 5.95. The highest BCUT2D eigenvalue weighted by Crippen LogP contribution is 2.32. The molecule has 0 saturated heterocycles. The van der Waals surface area contributed by atoms with Gasteiger partial charge in [-0.3, -0.25) is 0 Å². The minimum Gasteiger partial charge on any atom is -0.423 e. The molecule has 0 aliphatic rings. The maximum absolute atomic E-state index is 9.07. The molecule has 0 amide bonds. The van der Waals surface area contributed by atoms with Crippen molar-refractivity contribution in [2.75, 3.05) is 0 Å². The smallest absolute Gasteiger partial charge is 0.423 e. The summed E-state index contributed by atoms with van der Waals surface area (Å²) in [6.07, 6.45) is 0. The normalized spacial score (nSPS) is 11.0. The first-order valence-electron chi connectivity index (χ1n) is 4.10. The van der Waals surface area contributed by atoms with Gasteiger partial charge in [0.25, 0.3) is 0 Å². The Morgan fingerprint density at radius 1 is 1.38 bits per heavy atom. The van der Waals surface area contributed by atoms with E-state index in [0.717, 1.165) is 10.0 Å². The van der Waals surface area contributed by atoms with Crippen LogP contribution in [0.4, 0.5) is 0 Å². The van der Waals surface area contributed by atoms with Crippen molar-refractivity contribution in [1.82, 2.24) is 0 Å². The highest BCUT2D eigenvalue weighted by Gasteiger charge is 2.22. The molecule has 0 radical (unpaired) electrons. The lowest BCUT2D eigenvalue weighted by molar-refractivity contribution is 0.426. The predicted octanol–water partition coefficient (Wildman–Crippen LogP) is 1.62. The quantitative estimate of drug-likeness (QED) is 0.796. The lowest BCUT2D eigenvalue weighted by atomic mass is 9.86. The molecule has 1 aromatic rings. The summed E-state index contributed by atoms with van der Waals surface area (Å²) >= 11 is 4.91. The van der Waals surface area contributed by atoms with Crippen LogP contribution in [0.15, 0.2) is 4.47 Å². The molecule has 1 heterocycles. The Hall–Kier alpha value is 0.165. The van der Waals surface area contributed by atoms with Crippen LogP contribution in [0, 0.1) is 6.92 Å². The zero-order chi connectivity index (χ0) is 10.2. The van der Waals surface area contributed by atoms with Crippen LogP contribution in [0.1, 0.15) is 30.2 Å². The van der Waals surface area contributed by atoms with Crippen molar-refractivity contribution in [3.63, 3.8) is 0 Å². The highest BCUT2D eigenvalue weighted by atomic mass is 79.9. The maximum atomic E-state index is 9.07. The zero-order valence-electron chi connectivity index (χ0n) is 7.84. The van der Waals surface area contributed by atoms with Gasteiger partial charge in [-0.05, 0) is 34.3 Å². The molecule has 0 aliphatic heterocycles.